The zero-order chi connectivity index (χ0) is 14.5. The molecule has 6 heteroatoms. The van der Waals surface area contributed by atoms with Gasteiger partial charge in [-0.05, 0) is 31.2 Å². The summed E-state index contributed by atoms with van der Waals surface area (Å²) in [5, 5.41) is 3.07. The Kier molecular flexibility index (Phi) is 5.35. The van der Waals surface area contributed by atoms with Gasteiger partial charge in [-0.1, -0.05) is 6.92 Å². The quantitative estimate of drug-likeness (QED) is 0.805. The predicted molar refractivity (Wildman–Crippen MR) is 73.8 cm³/mol. The first kappa shape index (κ1) is 15.5. The minimum atomic E-state index is -3.17. The second-order valence-electron chi connectivity index (χ2n) is 4.33. The van der Waals surface area contributed by atoms with Crippen molar-refractivity contribution >= 4 is 21.5 Å². The molecule has 0 heterocycles. The van der Waals surface area contributed by atoms with Gasteiger partial charge in [-0.25, -0.2) is 8.42 Å². The molecule has 1 rings (SSSR count). The summed E-state index contributed by atoms with van der Waals surface area (Å²) in [6.45, 7) is 4.35. The normalized spacial score (nSPS) is 12.8. The average molecular weight is 285 g/mol. The highest BCUT2D eigenvalue weighted by Crippen LogP contribution is 2.14. The summed E-state index contributed by atoms with van der Waals surface area (Å²) in [5.74, 6) is -0.503. The third kappa shape index (κ3) is 4.90. The molecule has 0 spiro atoms. The van der Waals surface area contributed by atoms with Crippen LogP contribution in [-0.4, -0.2) is 33.8 Å². The molecule has 1 aromatic carbocycles. The number of ether oxygens (including phenoxy) is 1. The van der Waals surface area contributed by atoms with Crippen molar-refractivity contribution in [2.24, 2.45) is 5.92 Å². The van der Waals surface area contributed by atoms with E-state index in [1.165, 1.54) is 12.1 Å². The van der Waals surface area contributed by atoms with Crippen LogP contribution in [0.25, 0.3) is 0 Å². The minimum Gasteiger partial charge on any atom is -0.466 e. The molecule has 1 N–H and O–H groups in total. The van der Waals surface area contributed by atoms with Gasteiger partial charge in [0.1, 0.15) is 0 Å². The van der Waals surface area contributed by atoms with Crippen molar-refractivity contribution in [2.45, 2.75) is 18.7 Å². The maximum absolute atomic E-state index is 11.4. The molecule has 1 unspecified atom stereocenters. The second-order valence-corrected chi connectivity index (χ2v) is 6.35. The van der Waals surface area contributed by atoms with Crippen LogP contribution in [0.4, 0.5) is 5.69 Å². The van der Waals surface area contributed by atoms with Crippen LogP contribution in [0.3, 0.4) is 0 Å². The molecule has 0 saturated heterocycles. The van der Waals surface area contributed by atoms with Crippen LogP contribution >= 0.6 is 0 Å². The number of nitrogens with one attached hydrogen (secondary N) is 1. The lowest BCUT2D eigenvalue weighted by Crippen LogP contribution is -2.22. The molecule has 106 valence electrons. The molecule has 0 amide bonds. The maximum Gasteiger partial charge on any atom is 0.310 e. The van der Waals surface area contributed by atoms with Gasteiger partial charge in [-0.15, -0.1) is 0 Å². The first-order valence-corrected chi connectivity index (χ1v) is 7.94. The summed E-state index contributed by atoms with van der Waals surface area (Å²) < 4.78 is 27.5. The zero-order valence-corrected chi connectivity index (χ0v) is 12.2. The van der Waals surface area contributed by atoms with Gasteiger partial charge >= 0.3 is 5.97 Å². The van der Waals surface area contributed by atoms with Crippen molar-refractivity contribution in [3.63, 3.8) is 0 Å². The number of esters is 1. The van der Waals surface area contributed by atoms with Crippen molar-refractivity contribution in [3.05, 3.63) is 24.3 Å². The highest BCUT2D eigenvalue weighted by molar-refractivity contribution is 7.90. The smallest absolute Gasteiger partial charge is 0.310 e. The molecule has 1 atom stereocenters. The van der Waals surface area contributed by atoms with Crippen LogP contribution < -0.4 is 5.32 Å². The number of carbonyl (C=O) groups excluding carboxylic acids is 1. The lowest BCUT2D eigenvalue weighted by molar-refractivity contribution is -0.146. The van der Waals surface area contributed by atoms with E-state index in [1.54, 1.807) is 26.0 Å². The first-order chi connectivity index (χ1) is 8.84. The minimum absolute atomic E-state index is 0.247. The fourth-order valence-corrected chi connectivity index (χ4v) is 2.09. The predicted octanol–water partition coefficient (Wildman–Crippen LogP) is 1.70. The van der Waals surface area contributed by atoms with Crippen molar-refractivity contribution < 1.29 is 17.9 Å². The van der Waals surface area contributed by atoms with Gasteiger partial charge in [0, 0.05) is 18.5 Å². The van der Waals surface area contributed by atoms with Gasteiger partial charge in [0.15, 0.2) is 9.84 Å². The molecule has 1 aromatic rings. The largest absolute Gasteiger partial charge is 0.466 e. The number of rotatable bonds is 6. The summed E-state index contributed by atoms with van der Waals surface area (Å²) in [6, 6.07) is 6.42. The van der Waals surface area contributed by atoms with E-state index in [4.69, 9.17) is 4.74 Å². The van der Waals surface area contributed by atoms with E-state index in [-0.39, 0.29) is 16.8 Å². The number of sulfone groups is 1. The van der Waals surface area contributed by atoms with E-state index in [1.807, 2.05) is 0 Å². The molecule has 0 bridgehead atoms. The monoisotopic (exact) mass is 285 g/mol. The van der Waals surface area contributed by atoms with Gasteiger partial charge in [0.25, 0.3) is 0 Å². The lowest BCUT2D eigenvalue weighted by Gasteiger charge is -2.12. The number of hydrogen-bond donors (Lipinski definition) is 1. The van der Waals surface area contributed by atoms with Crippen LogP contribution in [-0.2, 0) is 19.4 Å². The molecule has 0 radical (unpaired) electrons. The summed E-state index contributed by atoms with van der Waals surface area (Å²) >= 11 is 0. The third-order valence-corrected chi connectivity index (χ3v) is 3.71. The Balaban J connectivity index is 2.57. The molecule has 0 aliphatic heterocycles. The van der Waals surface area contributed by atoms with Crippen molar-refractivity contribution in [3.8, 4) is 0 Å². The van der Waals surface area contributed by atoms with E-state index >= 15 is 0 Å². The van der Waals surface area contributed by atoms with Gasteiger partial charge in [0.2, 0.25) is 0 Å². The first-order valence-electron chi connectivity index (χ1n) is 6.05. The number of benzene rings is 1. The van der Waals surface area contributed by atoms with Gasteiger partial charge in [-0.3, -0.25) is 4.79 Å². The van der Waals surface area contributed by atoms with Gasteiger partial charge < -0.3 is 10.1 Å². The summed E-state index contributed by atoms with van der Waals surface area (Å²) in [4.78, 5) is 11.7. The summed E-state index contributed by atoms with van der Waals surface area (Å²) in [7, 11) is -3.17. The van der Waals surface area contributed by atoms with E-state index in [0.717, 1.165) is 11.9 Å². The Labute approximate surface area is 113 Å². The highest BCUT2D eigenvalue weighted by Gasteiger charge is 2.13. The lowest BCUT2D eigenvalue weighted by atomic mass is 10.2. The maximum atomic E-state index is 11.4. The van der Waals surface area contributed by atoms with Crippen LogP contribution in [0.15, 0.2) is 29.2 Å². The molecular formula is C13H19NO4S. The zero-order valence-electron chi connectivity index (χ0n) is 11.3. The fraction of sp³-hybridized carbons (Fsp3) is 0.462. The van der Waals surface area contributed by atoms with Crippen molar-refractivity contribution in [1.82, 2.24) is 0 Å². The second kappa shape index (κ2) is 6.56. The Morgan fingerprint density at radius 3 is 2.37 bits per heavy atom. The van der Waals surface area contributed by atoms with Crippen molar-refractivity contribution in [2.75, 3.05) is 24.7 Å². The molecule has 0 fully saturated rings. The molecule has 0 aliphatic rings. The molecule has 0 aliphatic carbocycles. The number of anilines is 1. The number of carbonyl (C=O) groups is 1. The van der Waals surface area contributed by atoms with Crippen LogP contribution in [0, 0.1) is 5.92 Å². The van der Waals surface area contributed by atoms with Crippen LogP contribution in [0.2, 0.25) is 0 Å². The molecule has 19 heavy (non-hydrogen) atoms. The Hall–Kier alpha value is -1.56. The van der Waals surface area contributed by atoms with Crippen molar-refractivity contribution in [1.29, 1.82) is 0 Å². The molecule has 0 saturated carbocycles. The third-order valence-electron chi connectivity index (χ3n) is 2.58. The van der Waals surface area contributed by atoms with E-state index < -0.39 is 9.84 Å². The number of hydrogen-bond acceptors (Lipinski definition) is 5. The summed E-state index contributed by atoms with van der Waals surface area (Å²) in [5.41, 5.74) is 0.767. The van der Waals surface area contributed by atoms with Gasteiger partial charge in [-0.2, -0.15) is 0 Å². The highest BCUT2D eigenvalue weighted by atomic mass is 32.2. The molecule has 0 aromatic heterocycles. The standard InChI is InChI=1S/C13H19NO4S/c1-4-18-13(15)10(2)9-14-11-5-7-12(8-6-11)19(3,16)17/h5-8,10,14H,4,9H2,1-3H3. The summed E-state index contributed by atoms with van der Waals surface area (Å²) in [6.07, 6.45) is 1.16. The topological polar surface area (TPSA) is 72.5 Å². The molecule has 5 nitrogen and oxygen atoms in total. The van der Waals surface area contributed by atoms with Crippen LogP contribution in [0.1, 0.15) is 13.8 Å². The molecular weight excluding hydrogens is 266 g/mol. The Morgan fingerprint density at radius 1 is 1.32 bits per heavy atom. The average Bonchev–Trinajstić information content (AvgIpc) is 2.35. The van der Waals surface area contributed by atoms with Gasteiger partial charge in [0.05, 0.1) is 17.4 Å². The Morgan fingerprint density at radius 2 is 1.89 bits per heavy atom. The van der Waals surface area contributed by atoms with Crippen LogP contribution in [0.5, 0.6) is 0 Å². The van der Waals surface area contributed by atoms with E-state index in [0.29, 0.717) is 13.2 Å². The van der Waals surface area contributed by atoms with E-state index in [2.05, 4.69) is 5.32 Å². The van der Waals surface area contributed by atoms with E-state index in [9.17, 15) is 13.2 Å². The SMILES string of the molecule is CCOC(=O)C(C)CNc1ccc(S(C)(=O)=O)cc1. The fourth-order valence-electron chi connectivity index (χ4n) is 1.46. The Bertz CT molecular complexity index is 522.